The van der Waals surface area contributed by atoms with E-state index >= 15 is 0 Å². The monoisotopic (exact) mass is 227 g/mol. The molecule has 1 aliphatic heterocycles. The second kappa shape index (κ2) is 3.81. The second-order valence-corrected chi connectivity index (χ2v) is 4.16. The minimum atomic E-state index is -2.52. The normalized spacial score (nSPS) is 19.8. The number of hydrogen-bond donors (Lipinski definition) is 2. The number of nitrogens with zero attached hydrogens (tertiary/aromatic N) is 1. The molecule has 0 atom stereocenters. The molecule has 0 saturated carbocycles. The van der Waals surface area contributed by atoms with E-state index in [9.17, 15) is 8.78 Å². The van der Waals surface area contributed by atoms with Gasteiger partial charge in [-0.3, -0.25) is 0 Å². The summed E-state index contributed by atoms with van der Waals surface area (Å²) in [4.78, 5) is 1.91. The van der Waals surface area contributed by atoms with E-state index in [0.29, 0.717) is 24.5 Å². The third-order valence-electron chi connectivity index (χ3n) is 2.93. The van der Waals surface area contributed by atoms with E-state index in [2.05, 4.69) is 0 Å². The molecular formula is C11H15F2N3. The van der Waals surface area contributed by atoms with Crippen LogP contribution in [0.1, 0.15) is 12.8 Å². The van der Waals surface area contributed by atoms with Crippen LogP contribution >= 0.6 is 0 Å². The Kier molecular flexibility index (Phi) is 2.61. The van der Waals surface area contributed by atoms with Crippen molar-refractivity contribution in [1.29, 1.82) is 0 Å². The Labute approximate surface area is 93.0 Å². The lowest BCUT2D eigenvalue weighted by Crippen LogP contribution is -2.39. The number of alkyl halides is 2. The predicted molar refractivity (Wildman–Crippen MR) is 61.7 cm³/mol. The van der Waals surface area contributed by atoms with Crippen LogP contribution in [-0.4, -0.2) is 19.0 Å². The van der Waals surface area contributed by atoms with Gasteiger partial charge in [-0.2, -0.15) is 0 Å². The summed E-state index contributed by atoms with van der Waals surface area (Å²) < 4.78 is 25.9. The average molecular weight is 227 g/mol. The molecule has 0 bridgehead atoms. The van der Waals surface area contributed by atoms with Crippen LogP contribution in [0.2, 0.25) is 0 Å². The minimum Gasteiger partial charge on any atom is -0.397 e. The maximum atomic E-state index is 13.0. The maximum Gasteiger partial charge on any atom is 0.251 e. The molecule has 1 aliphatic rings. The Morgan fingerprint density at radius 2 is 1.69 bits per heavy atom. The highest BCUT2D eigenvalue weighted by Gasteiger charge is 2.33. The fourth-order valence-electron chi connectivity index (χ4n) is 1.85. The number of hydrogen-bond acceptors (Lipinski definition) is 3. The van der Waals surface area contributed by atoms with Crippen LogP contribution < -0.4 is 16.4 Å². The number of nitrogen functional groups attached to an aromatic ring is 2. The van der Waals surface area contributed by atoms with E-state index in [4.69, 9.17) is 11.5 Å². The molecule has 1 aromatic rings. The zero-order valence-corrected chi connectivity index (χ0v) is 8.92. The average Bonchev–Trinajstić information content (AvgIpc) is 2.22. The van der Waals surface area contributed by atoms with Crippen molar-refractivity contribution in [2.75, 3.05) is 29.5 Å². The predicted octanol–water partition coefficient (Wildman–Crippen LogP) is 2.09. The van der Waals surface area contributed by atoms with Gasteiger partial charge in [0.15, 0.2) is 0 Å². The van der Waals surface area contributed by atoms with Gasteiger partial charge in [-0.1, -0.05) is 0 Å². The lowest BCUT2D eigenvalue weighted by atomic mass is 10.1. The zero-order chi connectivity index (χ0) is 11.8. The summed E-state index contributed by atoms with van der Waals surface area (Å²) >= 11 is 0. The quantitative estimate of drug-likeness (QED) is 0.722. The standard InChI is InChI=1S/C11H15F2N3/c12-11(13)3-5-16(6-4-11)8-1-2-9(14)10(15)7-8/h1-2,7H,3-6,14-15H2. The summed E-state index contributed by atoms with van der Waals surface area (Å²) in [7, 11) is 0. The van der Waals surface area contributed by atoms with Gasteiger partial charge < -0.3 is 16.4 Å². The van der Waals surface area contributed by atoms with Gasteiger partial charge in [-0.15, -0.1) is 0 Å². The molecule has 2 rings (SSSR count). The number of nitrogens with two attached hydrogens (primary N) is 2. The Balaban J connectivity index is 2.11. The molecule has 1 heterocycles. The Morgan fingerprint density at radius 1 is 1.06 bits per heavy atom. The van der Waals surface area contributed by atoms with E-state index < -0.39 is 5.92 Å². The summed E-state index contributed by atoms with van der Waals surface area (Å²) in [5, 5.41) is 0. The van der Waals surface area contributed by atoms with E-state index in [0.717, 1.165) is 5.69 Å². The number of piperidine rings is 1. The van der Waals surface area contributed by atoms with Crippen LogP contribution in [0.25, 0.3) is 0 Å². The fraction of sp³-hybridized carbons (Fsp3) is 0.455. The van der Waals surface area contributed by atoms with Crippen molar-refractivity contribution in [3.63, 3.8) is 0 Å². The molecule has 4 N–H and O–H groups in total. The SMILES string of the molecule is Nc1ccc(N2CCC(F)(F)CC2)cc1N. The van der Waals surface area contributed by atoms with Crippen molar-refractivity contribution < 1.29 is 8.78 Å². The van der Waals surface area contributed by atoms with E-state index in [-0.39, 0.29) is 12.8 Å². The fourth-order valence-corrected chi connectivity index (χ4v) is 1.85. The van der Waals surface area contributed by atoms with Gasteiger partial charge in [0.25, 0.3) is 5.92 Å². The smallest absolute Gasteiger partial charge is 0.251 e. The summed E-state index contributed by atoms with van der Waals surface area (Å²) in [5.74, 6) is -2.52. The van der Waals surface area contributed by atoms with Gasteiger partial charge in [0.2, 0.25) is 0 Å². The molecule has 0 aromatic heterocycles. The largest absolute Gasteiger partial charge is 0.397 e. The van der Waals surface area contributed by atoms with Crippen molar-refractivity contribution >= 4 is 17.1 Å². The molecular weight excluding hydrogens is 212 g/mol. The van der Waals surface area contributed by atoms with Gasteiger partial charge in [-0.25, -0.2) is 8.78 Å². The lowest BCUT2D eigenvalue weighted by molar-refractivity contribution is -0.0220. The van der Waals surface area contributed by atoms with Crippen LogP contribution in [0.15, 0.2) is 18.2 Å². The van der Waals surface area contributed by atoms with Gasteiger partial charge in [0.05, 0.1) is 11.4 Å². The number of rotatable bonds is 1. The molecule has 0 spiro atoms. The number of benzene rings is 1. The molecule has 0 aliphatic carbocycles. The maximum absolute atomic E-state index is 13.0. The van der Waals surface area contributed by atoms with E-state index in [1.807, 2.05) is 11.0 Å². The van der Waals surface area contributed by atoms with Crippen LogP contribution in [0.3, 0.4) is 0 Å². The zero-order valence-electron chi connectivity index (χ0n) is 8.92. The van der Waals surface area contributed by atoms with Crippen molar-refractivity contribution in [3.05, 3.63) is 18.2 Å². The Hall–Kier alpha value is -1.52. The lowest BCUT2D eigenvalue weighted by Gasteiger charge is -2.33. The molecule has 1 aromatic carbocycles. The van der Waals surface area contributed by atoms with Crippen molar-refractivity contribution in [2.45, 2.75) is 18.8 Å². The van der Waals surface area contributed by atoms with Gasteiger partial charge in [0, 0.05) is 31.6 Å². The first-order valence-electron chi connectivity index (χ1n) is 5.26. The van der Waals surface area contributed by atoms with Gasteiger partial charge in [0.1, 0.15) is 0 Å². The molecule has 3 nitrogen and oxygen atoms in total. The molecule has 5 heteroatoms. The third kappa shape index (κ3) is 2.18. The van der Waals surface area contributed by atoms with Crippen LogP contribution in [0.5, 0.6) is 0 Å². The molecule has 0 amide bonds. The van der Waals surface area contributed by atoms with Crippen molar-refractivity contribution in [3.8, 4) is 0 Å². The van der Waals surface area contributed by atoms with Crippen LogP contribution in [0.4, 0.5) is 25.8 Å². The number of halogens is 2. The topological polar surface area (TPSA) is 55.3 Å². The van der Waals surface area contributed by atoms with Gasteiger partial charge in [-0.05, 0) is 18.2 Å². The highest BCUT2D eigenvalue weighted by molar-refractivity contribution is 5.69. The van der Waals surface area contributed by atoms with E-state index in [1.165, 1.54) is 0 Å². The van der Waals surface area contributed by atoms with Crippen LogP contribution in [0, 0.1) is 0 Å². The molecule has 0 radical (unpaired) electrons. The van der Waals surface area contributed by atoms with Crippen LogP contribution in [-0.2, 0) is 0 Å². The first kappa shape index (κ1) is 11.0. The molecule has 1 saturated heterocycles. The summed E-state index contributed by atoms with van der Waals surface area (Å²) in [6.45, 7) is 0.715. The highest BCUT2D eigenvalue weighted by Crippen LogP contribution is 2.31. The number of anilines is 3. The summed E-state index contributed by atoms with van der Waals surface area (Å²) in [6.07, 6.45) is -0.200. The molecule has 0 unspecified atom stereocenters. The van der Waals surface area contributed by atoms with E-state index in [1.54, 1.807) is 12.1 Å². The third-order valence-corrected chi connectivity index (χ3v) is 2.93. The van der Waals surface area contributed by atoms with Crippen molar-refractivity contribution in [2.24, 2.45) is 0 Å². The minimum absolute atomic E-state index is 0.0999. The Morgan fingerprint density at radius 3 is 2.25 bits per heavy atom. The summed E-state index contributed by atoms with van der Waals surface area (Å²) in [6, 6.07) is 5.26. The molecule has 88 valence electrons. The molecule has 1 fully saturated rings. The van der Waals surface area contributed by atoms with Gasteiger partial charge >= 0.3 is 0 Å². The molecule has 16 heavy (non-hydrogen) atoms. The first-order chi connectivity index (χ1) is 7.48. The Bertz CT molecular complexity index is 383. The first-order valence-corrected chi connectivity index (χ1v) is 5.26. The summed E-state index contributed by atoms with van der Waals surface area (Å²) in [5.41, 5.74) is 13.2. The second-order valence-electron chi connectivity index (χ2n) is 4.16. The van der Waals surface area contributed by atoms with Crippen molar-refractivity contribution in [1.82, 2.24) is 0 Å². The highest BCUT2D eigenvalue weighted by atomic mass is 19.3.